The van der Waals surface area contributed by atoms with Gasteiger partial charge in [-0.1, -0.05) is 42.4 Å². The third-order valence-corrected chi connectivity index (χ3v) is 6.16. The SMILES string of the molecule is CCCn1c(=O)c2ccccc2n2c(SCc3nc4ccc(Cl)cc4c(=O)[nH]3)nnc12. The standard InChI is InChI=1S/C21H17ClN6O2S/c1-2-9-27-19(30)13-5-3-4-6-16(13)28-20(27)25-26-21(28)31-11-17-23-15-8-7-12(22)10-14(15)18(29)24-17/h3-8,10H,2,9,11H2,1H3,(H,23,24,29). The molecule has 0 bridgehead atoms. The van der Waals surface area contributed by atoms with Gasteiger partial charge in [0, 0.05) is 11.6 Å². The summed E-state index contributed by atoms with van der Waals surface area (Å²) in [5.41, 5.74) is 1.01. The Kier molecular flexibility index (Phi) is 4.99. The molecule has 0 saturated carbocycles. The first-order valence-electron chi connectivity index (χ1n) is 9.74. The van der Waals surface area contributed by atoms with Crippen LogP contribution in [-0.4, -0.2) is 29.1 Å². The highest BCUT2D eigenvalue weighted by Gasteiger charge is 2.17. The summed E-state index contributed by atoms with van der Waals surface area (Å²) in [4.78, 5) is 32.7. The van der Waals surface area contributed by atoms with Crippen LogP contribution in [-0.2, 0) is 12.3 Å². The van der Waals surface area contributed by atoms with Crippen molar-refractivity contribution >= 4 is 50.9 Å². The van der Waals surface area contributed by atoms with E-state index in [4.69, 9.17) is 11.6 Å². The number of aromatic nitrogens is 6. The molecule has 0 aliphatic heterocycles. The molecule has 3 aromatic heterocycles. The Hall–Kier alpha value is -3.17. The van der Waals surface area contributed by atoms with Crippen LogP contribution in [0, 0.1) is 0 Å². The number of rotatable bonds is 5. The molecule has 0 atom stereocenters. The molecule has 156 valence electrons. The third kappa shape index (κ3) is 3.39. The van der Waals surface area contributed by atoms with Crippen LogP contribution >= 0.6 is 23.4 Å². The first-order valence-corrected chi connectivity index (χ1v) is 11.1. The van der Waals surface area contributed by atoms with Gasteiger partial charge in [0.25, 0.3) is 11.1 Å². The lowest BCUT2D eigenvalue weighted by atomic mass is 10.2. The van der Waals surface area contributed by atoms with Gasteiger partial charge in [0.05, 0.1) is 27.6 Å². The molecule has 5 rings (SSSR count). The maximum atomic E-state index is 12.9. The number of hydrogen-bond acceptors (Lipinski definition) is 6. The molecule has 1 N–H and O–H groups in total. The van der Waals surface area contributed by atoms with E-state index in [1.54, 1.807) is 22.8 Å². The number of fused-ring (bicyclic) bond motifs is 4. The number of nitrogens with one attached hydrogen (secondary N) is 1. The summed E-state index contributed by atoms with van der Waals surface area (Å²) in [5.74, 6) is 1.41. The van der Waals surface area contributed by atoms with Gasteiger partial charge in [-0.05, 0) is 36.8 Å². The Balaban J connectivity index is 1.59. The summed E-state index contributed by atoms with van der Waals surface area (Å²) in [6.45, 7) is 2.57. The molecule has 31 heavy (non-hydrogen) atoms. The van der Waals surface area contributed by atoms with E-state index < -0.39 is 0 Å². The normalized spacial score (nSPS) is 11.7. The number of para-hydroxylation sites is 1. The van der Waals surface area contributed by atoms with E-state index in [1.165, 1.54) is 11.8 Å². The van der Waals surface area contributed by atoms with E-state index in [-0.39, 0.29) is 11.1 Å². The van der Waals surface area contributed by atoms with Crippen molar-refractivity contribution in [1.82, 2.24) is 29.1 Å². The minimum atomic E-state index is -0.239. The van der Waals surface area contributed by atoms with Crippen molar-refractivity contribution in [2.75, 3.05) is 0 Å². The van der Waals surface area contributed by atoms with Crippen molar-refractivity contribution < 1.29 is 0 Å². The largest absolute Gasteiger partial charge is 0.309 e. The van der Waals surface area contributed by atoms with E-state index in [2.05, 4.69) is 20.2 Å². The molecular formula is C21H17ClN6O2S. The Morgan fingerprint density at radius 3 is 2.77 bits per heavy atom. The van der Waals surface area contributed by atoms with Crippen LogP contribution in [0.25, 0.3) is 27.6 Å². The second kappa shape index (κ2) is 7.82. The molecule has 0 aliphatic carbocycles. The quantitative estimate of drug-likeness (QED) is 0.409. The summed E-state index contributed by atoms with van der Waals surface area (Å²) in [5, 5.41) is 10.8. The molecule has 0 spiro atoms. The van der Waals surface area contributed by atoms with E-state index >= 15 is 0 Å². The second-order valence-electron chi connectivity index (χ2n) is 7.05. The first kappa shape index (κ1) is 19.8. The van der Waals surface area contributed by atoms with Gasteiger partial charge in [-0.2, -0.15) is 0 Å². The fourth-order valence-electron chi connectivity index (χ4n) is 3.61. The van der Waals surface area contributed by atoms with Gasteiger partial charge in [0.2, 0.25) is 5.78 Å². The predicted octanol–water partition coefficient (Wildman–Crippen LogP) is 3.64. The van der Waals surface area contributed by atoms with E-state index in [9.17, 15) is 9.59 Å². The molecular weight excluding hydrogens is 436 g/mol. The molecule has 0 aliphatic rings. The summed E-state index contributed by atoms with van der Waals surface area (Å²) in [6, 6.07) is 12.5. The van der Waals surface area contributed by atoms with Gasteiger partial charge in [0.1, 0.15) is 5.82 Å². The topological polar surface area (TPSA) is 97.9 Å². The van der Waals surface area contributed by atoms with Crippen LogP contribution in [0.15, 0.2) is 57.2 Å². The maximum Gasteiger partial charge on any atom is 0.262 e. The average molecular weight is 453 g/mol. The fourth-order valence-corrected chi connectivity index (χ4v) is 4.60. The lowest BCUT2D eigenvalue weighted by molar-refractivity contribution is 0.662. The van der Waals surface area contributed by atoms with Crippen molar-refractivity contribution in [3.8, 4) is 0 Å². The number of nitrogens with zero attached hydrogens (tertiary/aromatic N) is 5. The summed E-state index contributed by atoms with van der Waals surface area (Å²) >= 11 is 7.37. The zero-order valence-electron chi connectivity index (χ0n) is 16.5. The monoisotopic (exact) mass is 452 g/mol. The highest BCUT2D eigenvalue weighted by Crippen LogP contribution is 2.24. The van der Waals surface area contributed by atoms with Crippen LogP contribution in [0.5, 0.6) is 0 Å². The summed E-state index contributed by atoms with van der Waals surface area (Å²) < 4.78 is 3.54. The Bertz CT molecular complexity index is 1570. The molecule has 0 fully saturated rings. The third-order valence-electron chi connectivity index (χ3n) is 4.98. The average Bonchev–Trinajstić information content (AvgIpc) is 3.20. The smallest absolute Gasteiger partial charge is 0.262 e. The number of aromatic amines is 1. The number of aryl methyl sites for hydroxylation is 1. The van der Waals surface area contributed by atoms with Crippen LogP contribution in [0.4, 0.5) is 0 Å². The van der Waals surface area contributed by atoms with Crippen LogP contribution < -0.4 is 11.1 Å². The number of thioether (sulfide) groups is 1. The maximum absolute atomic E-state index is 12.9. The van der Waals surface area contributed by atoms with Crippen molar-refractivity contribution in [1.29, 1.82) is 0 Å². The van der Waals surface area contributed by atoms with Gasteiger partial charge in [0.15, 0.2) is 5.16 Å². The highest BCUT2D eigenvalue weighted by molar-refractivity contribution is 7.98. The second-order valence-corrected chi connectivity index (χ2v) is 8.43. The lowest BCUT2D eigenvalue weighted by Gasteiger charge is -2.10. The van der Waals surface area contributed by atoms with Gasteiger partial charge in [-0.25, -0.2) is 4.98 Å². The van der Waals surface area contributed by atoms with Crippen LogP contribution in [0.3, 0.4) is 0 Å². The molecule has 3 heterocycles. The number of H-pyrrole nitrogens is 1. The van der Waals surface area contributed by atoms with Gasteiger partial charge in [-0.15, -0.1) is 10.2 Å². The molecule has 8 nitrogen and oxygen atoms in total. The van der Waals surface area contributed by atoms with E-state index in [0.717, 1.165) is 11.9 Å². The Morgan fingerprint density at radius 2 is 1.94 bits per heavy atom. The fraction of sp³-hybridized carbons (Fsp3) is 0.190. The molecule has 0 amide bonds. The lowest BCUT2D eigenvalue weighted by Crippen LogP contribution is -2.23. The molecule has 2 aromatic carbocycles. The molecule has 10 heteroatoms. The van der Waals surface area contributed by atoms with Crippen LogP contribution in [0.1, 0.15) is 19.2 Å². The van der Waals surface area contributed by atoms with Crippen molar-refractivity contribution in [3.63, 3.8) is 0 Å². The zero-order valence-corrected chi connectivity index (χ0v) is 18.1. The van der Waals surface area contributed by atoms with Crippen LogP contribution in [0.2, 0.25) is 5.02 Å². The molecule has 5 aromatic rings. The van der Waals surface area contributed by atoms with Gasteiger partial charge < -0.3 is 4.98 Å². The minimum Gasteiger partial charge on any atom is -0.309 e. The molecule has 0 saturated heterocycles. The molecule has 0 unspecified atom stereocenters. The number of hydrogen-bond donors (Lipinski definition) is 1. The van der Waals surface area contributed by atoms with E-state index in [1.807, 2.05) is 35.6 Å². The highest BCUT2D eigenvalue weighted by atomic mass is 35.5. The molecule has 0 radical (unpaired) electrons. The minimum absolute atomic E-state index is 0.0758. The van der Waals surface area contributed by atoms with Gasteiger partial charge in [-0.3, -0.25) is 18.6 Å². The first-order chi connectivity index (χ1) is 15.1. The van der Waals surface area contributed by atoms with Crippen molar-refractivity contribution in [3.05, 3.63) is 74.0 Å². The number of benzene rings is 2. The summed E-state index contributed by atoms with van der Waals surface area (Å²) in [6.07, 6.45) is 0.801. The van der Waals surface area contributed by atoms with Gasteiger partial charge >= 0.3 is 0 Å². The van der Waals surface area contributed by atoms with E-state index in [0.29, 0.717) is 50.4 Å². The number of halogens is 1. The Labute approximate surface area is 184 Å². The summed E-state index contributed by atoms with van der Waals surface area (Å²) in [7, 11) is 0. The predicted molar refractivity (Wildman–Crippen MR) is 122 cm³/mol. The van der Waals surface area contributed by atoms with Crippen molar-refractivity contribution in [2.45, 2.75) is 30.8 Å². The Morgan fingerprint density at radius 1 is 1.10 bits per heavy atom. The zero-order chi connectivity index (χ0) is 21.5. The van der Waals surface area contributed by atoms with Crippen molar-refractivity contribution in [2.24, 2.45) is 0 Å².